The van der Waals surface area contributed by atoms with E-state index in [0.717, 1.165) is 18.7 Å². The molecule has 1 saturated heterocycles. The monoisotopic (exact) mass is 333 g/mol. The molecule has 1 aliphatic rings. The van der Waals surface area contributed by atoms with Crippen LogP contribution in [0.3, 0.4) is 0 Å². The van der Waals surface area contributed by atoms with E-state index in [4.69, 9.17) is 24.4 Å². The second-order valence-corrected chi connectivity index (χ2v) is 6.18. The molecule has 3 rings (SSSR count). The van der Waals surface area contributed by atoms with Crippen LogP contribution in [0.2, 0.25) is 0 Å². The number of benzene rings is 1. The number of nitrogens with zero attached hydrogens (tertiary/aromatic N) is 3. The minimum absolute atomic E-state index is 0.461. The highest BCUT2D eigenvalue weighted by atomic mass is 32.1. The van der Waals surface area contributed by atoms with Gasteiger partial charge in [-0.2, -0.15) is 9.78 Å². The molecule has 2 aromatic rings. The van der Waals surface area contributed by atoms with Crippen LogP contribution in [0.15, 0.2) is 29.4 Å². The van der Waals surface area contributed by atoms with E-state index in [9.17, 15) is 0 Å². The first-order valence-electron chi connectivity index (χ1n) is 7.53. The standard InChI is InChI=1S/C15H19N5S2/c21-14-17-18-15(22)20(14)16-11-12-5-7-13(8-6-12)19-9-3-1-2-4-10-19/h5-8,11H,1-4,9-10H2,(H,17,21)(H,18,22)/b16-11-. The highest BCUT2D eigenvalue weighted by Crippen LogP contribution is 2.19. The van der Waals surface area contributed by atoms with Gasteiger partial charge in [0.2, 0.25) is 9.54 Å². The van der Waals surface area contributed by atoms with E-state index in [2.05, 4.69) is 44.5 Å². The Morgan fingerprint density at radius 2 is 1.50 bits per heavy atom. The summed E-state index contributed by atoms with van der Waals surface area (Å²) < 4.78 is 2.41. The minimum Gasteiger partial charge on any atom is -0.372 e. The van der Waals surface area contributed by atoms with Gasteiger partial charge in [0.05, 0.1) is 6.21 Å². The molecule has 22 heavy (non-hydrogen) atoms. The van der Waals surface area contributed by atoms with Crippen molar-refractivity contribution < 1.29 is 0 Å². The Bertz CT molecular complexity index is 718. The average Bonchev–Trinajstić information content (AvgIpc) is 2.74. The van der Waals surface area contributed by atoms with Gasteiger partial charge in [0.15, 0.2) is 0 Å². The van der Waals surface area contributed by atoms with Crippen LogP contribution in [0.5, 0.6) is 0 Å². The molecular formula is C15H19N5S2. The molecule has 1 aromatic carbocycles. The first-order valence-corrected chi connectivity index (χ1v) is 8.35. The molecule has 116 valence electrons. The molecule has 1 aliphatic heterocycles. The van der Waals surface area contributed by atoms with Crippen molar-refractivity contribution in [2.45, 2.75) is 25.7 Å². The molecule has 0 aliphatic carbocycles. The summed E-state index contributed by atoms with van der Waals surface area (Å²) in [5.41, 5.74) is 2.31. The number of aromatic amines is 2. The summed E-state index contributed by atoms with van der Waals surface area (Å²) in [6.07, 6.45) is 7.03. The lowest BCUT2D eigenvalue weighted by atomic mass is 10.2. The van der Waals surface area contributed by atoms with Crippen LogP contribution in [0, 0.1) is 9.54 Å². The third kappa shape index (κ3) is 3.53. The Kier molecular flexibility index (Phi) is 4.84. The van der Waals surface area contributed by atoms with Gasteiger partial charge >= 0.3 is 0 Å². The molecule has 0 atom stereocenters. The summed E-state index contributed by atoms with van der Waals surface area (Å²) in [5, 5.41) is 9.82. The molecule has 0 bridgehead atoms. The summed E-state index contributed by atoms with van der Waals surface area (Å²) in [7, 11) is 0. The van der Waals surface area contributed by atoms with E-state index >= 15 is 0 Å². The molecule has 0 radical (unpaired) electrons. The lowest BCUT2D eigenvalue weighted by Gasteiger charge is -2.22. The molecule has 1 fully saturated rings. The van der Waals surface area contributed by atoms with Gasteiger partial charge in [0.1, 0.15) is 0 Å². The fourth-order valence-corrected chi connectivity index (χ4v) is 3.07. The number of anilines is 1. The Morgan fingerprint density at radius 1 is 0.909 bits per heavy atom. The van der Waals surface area contributed by atoms with E-state index in [-0.39, 0.29) is 0 Å². The number of rotatable bonds is 3. The molecule has 0 spiro atoms. The minimum atomic E-state index is 0.461. The van der Waals surface area contributed by atoms with Crippen molar-refractivity contribution in [3.8, 4) is 0 Å². The average molecular weight is 333 g/mol. The van der Waals surface area contributed by atoms with Gasteiger partial charge in [-0.05, 0) is 55.0 Å². The lowest BCUT2D eigenvalue weighted by Crippen LogP contribution is -2.23. The summed E-state index contributed by atoms with van der Waals surface area (Å²) in [4.78, 5) is 2.46. The van der Waals surface area contributed by atoms with Gasteiger partial charge in [0, 0.05) is 18.8 Å². The smallest absolute Gasteiger partial charge is 0.215 e. The van der Waals surface area contributed by atoms with Crippen LogP contribution < -0.4 is 4.90 Å². The molecule has 0 unspecified atom stereocenters. The van der Waals surface area contributed by atoms with Crippen molar-refractivity contribution in [2.24, 2.45) is 5.10 Å². The first kappa shape index (κ1) is 15.2. The molecule has 1 aromatic heterocycles. The van der Waals surface area contributed by atoms with Crippen molar-refractivity contribution in [3.63, 3.8) is 0 Å². The topological polar surface area (TPSA) is 52.1 Å². The molecule has 5 nitrogen and oxygen atoms in total. The zero-order valence-corrected chi connectivity index (χ0v) is 13.9. The van der Waals surface area contributed by atoms with Crippen molar-refractivity contribution >= 4 is 36.3 Å². The van der Waals surface area contributed by atoms with E-state index in [1.807, 2.05) is 0 Å². The maximum absolute atomic E-state index is 5.10. The fraction of sp³-hybridized carbons (Fsp3) is 0.400. The number of hydrogen-bond donors (Lipinski definition) is 2. The third-order valence-corrected chi connectivity index (χ3v) is 4.40. The predicted octanol–water partition coefficient (Wildman–Crippen LogP) is 3.87. The Balaban J connectivity index is 1.74. The number of aromatic nitrogens is 3. The van der Waals surface area contributed by atoms with Gasteiger partial charge in [-0.15, -0.1) is 0 Å². The Morgan fingerprint density at radius 3 is 2.09 bits per heavy atom. The summed E-state index contributed by atoms with van der Waals surface area (Å²) in [6.45, 7) is 2.31. The van der Waals surface area contributed by atoms with Gasteiger partial charge in [-0.25, -0.2) is 0 Å². The van der Waals surface area contributed by atoms with E-state index in [1.54, 1.807) is 6.21 Å². The second kappa shape index (κ2) is 7.02. The molecule has 2 N–H and O–H groups in total. The third-order valence-electron chi connectivity index (χ3n) is 3.85. The largest absolute Gasteiger partial charge is 0.372 e. The maximum Gasteiger partial charge on any atom is 0.215 e. The van der Waals surface area contributed by atoms with Gasteiger partial charge in [-0.1, -0.05) is 25.0 Å². The summed E-state index contributed by atoms with van der Waals surface area (Å²) in [5.74, 6) is 0. The van der Waals surface area contributed by atoms with E-state index < -0.39 is 0 Å². The SMILES string of the molecule is S=c1[nH][nH]c(=S)n1/N=C\c1ccc(N2CCCCCC2)cc1. The van der Waals surface area contributed by atoms with Crippen LogP contribution in [-0.4, -0.2) is 34.2 Å². The van der Waals surface area contributed by atoms with Crippen LogP contribution >= 0.6 is 24.4 Å². The molecule has 0 saturated carbocycles. The van der Waals surface area contributed by atoms with Gasteiger partial charge in [-0.3, -0.25) is 10.2 Å². The van der Waals surface area contributed by atoms with Gasteiger partial charge in [0.25, 0.3) is 0 Å². The molecule has 7 heteroatoms. The Hall–Kier alpha value is -1.73. The van der Waals surface area contributed by atoms with Crippen molar-refractivity contribution in [1.29, 1.82) is 0 Å². The Labute approximate surface area is 139 Å². The van der Waals surface area contributed by atoms with E-state index in [1.165, 1.54) is 36.0 Å². The lowest BCUT2D eigenvalue weighted by molar-refractivity contribution is 0.726. The van der Waals surface area contributed by atoms with Gasteiger partial charge < -0.3 is 4.90 Å². The zero-order chi connectivity index (χ0) is 15.4. The van der Waals surface area contributed by atoms with Crippen molar-refractivity contribution in [1.82, 2.24) is 14.9 Å². The maximum atomic E-state index is 5.10. The van der Waals surface area contributed by atoms with Crippen LogP contribution in [0.4, 0.5) is 5.69 Å². The number of H-pyrrole nitrogens is 2. The number of nitrogens with one attached hydrogen (secondary N) is 2. The van der Waals surface area contributed by atoms with E-state index in [0.29, 0.717) is 9.54 Å². The van der Waals surface area contributed by atoms with Crippen LogP contribution in [0.25, 0.3) is 0 Å². The fourth-order valence-electron chi connectivity index (χ4n) is 2.63. The normalized spacial score (nSPS) is 16.1. The summed E-state index contributed by atoms with van der Waals surface area (Å²) in [6, 6.07) is 8.47. The van der Waals surface area contributed by atoms with Crippen LogP contribution in [0.1, 0.15) is 31.2 Å². The first-order chi connectivity index (χ1) is 10.7. The van der Waals surface area contributed by atoms with Crippen molar-refractivity contribution in [3.05, 3.63) is 39.4 Å². The molecule has 0 amide bonds. The number of hydrogen-bond acceptors (Lipinski definition) is 4. The zero-order valence-electron chi connectivity index (χ0n) is 12.3. The molecular weight excluding hydrogens is 314 g/mol. The van der Waals surface area contributed by atoms with Crippen molar-refractivity contribution in [2.75, 3.05) is 18.0 Å². The predicted molar refractivity (Wildman–Crippen MR) is 94.9 cm³/mol. The van der Waals surface area contributed by atoms with Crippen LogP contribution in [-0.2, 0) is 0 Å². The molecule has 2 heterocycles. The quantitative estimate of drug-likeness (QED) is 0.662. The highest BCUT2D eigenvalue weighted by Gasteiger charge is 2.09. The second-order valence-electron chi connectivity index (χ2n) is 5.41. The summed E-state index contributed by atoms with van der Waals surface area (Å²) >= 11 is 10.2. The highest BCUT2D eigenvalue weighted by molar-refractivity contribution is 7.72.